The molecule has 0 aliphatic heterocycles. The van der Waals surface area contributed by atoms with Crippen LogP contribution in [-0.2, 0) is 13.0 Å². The first-order valence-corrected chi connectivity index (χ1v) is 14.0. The molecule has 1 N–H and O–H groups in total. The van der Waals surface area contributed by atoms with E-state index in [4.69, 9.17) is 9.98 Å². The SMILES string of the molecule is CCCc1nc2c(C)cc(N=C(C[N+](=O)[O-])N(C)CCN(C)C)cc2n1Cc1ccc(-c2ccccc2C(=O)O)cc1. The molecule has 0 saturated carbocycles. The third kappa shape index (κ3) is 7.19. The predicted molar refractivity (Wildman–Crippen MR) is 167 cm³/mol. The monoisotopic (exact) mass is 570 g/mol. The van der Waals surface area contributed by atoms with Crippen molar-refractivity contribution in [1.82, 2.24) is 19.4 Å². The highest BCUT2D eigenvalue weighted by Crippen LogP contribution is 2.29. The van der Waals surface area contributed by atoms with Crippen LogP contribution in [0.1, 0.15) is 40.7 Å². The lowest BCUT2D eigenvalue weighted by molar-refractivity contribution is -0.464. The van der Waals surface area contributed by atoms with Crippen LogP contribution >= 0.6 is 0 Å². The van der Waals surface area contributed by atoms with E-state index in [9.17, 15) is 20.0 Å². The Labute approximate surface area is 246 Å². The zero-order valence-electron chi connectivity index (χ0n) is 24.9. The van der Waals surface area contributed by atoms with Gasteiger partial charge in [0, 0.05) is 38.0 Å². The normalized spacial score (nSPS) is 11.8. The molecule has 10 heteroatoms. The number of benzene rings is 3. The summed E-state index contributed by atoms with van der Waals surface area (Å²) in [6.07, 6.45) is 1.73. The van der Waals surface area contributed by atoms with Crippen molar-refractivity contribution in [2.24, 2.45) is 4.99 Å². The second-order valence-electron chi connectivity index (χ2n) is 10.8. The molecule has 1 heterocycles. The van der Waals surface area contributed by atoms with Crippen LogP contribution in [0.2, 0.25) is 0 Å². The van der Waals surface area contributed by atoms with Gasteiger partial charge in [-0.1, -0.05) is 49.4 Å². The second kappa shape index (κ2) is 13.4. The summed E-state index contributed by atoms with van der Waals surface area (Å²) >= 11 is 0. The highest BCUT2D eigenvalue weighted by atomic mass is 16.6. The molecule has 1 aromatic heterocycles. The Morgan fingerprint density at radius 3 is 2.43 bits per heavy atom. The van der Waals surface area contributed by atoms with Crippen molar-refractivity contribution in [3.8, 4) is 11.1 Å². The van der Waals surface area contributed by atoms with Gasteiger partial charge in [-0.2, -0.15) is 0 Å². The molecule has 0 radical (unpaired) electrons. The zero-order valence-corrected chi connectivity index (χ0v) is 24.9. The second-order valence-corrected chi connectivity index (χ2v) is 10.8. The van der Waals surface area contributed by atoms with E-state index >= 15 is 0 Å². The van der Waals surface area contributed by atoms with E-state index in [1.807, 2.05) is 86.4 Å². The van der Waals surface area contributed by atoms with Gasteiger partial charge >= 0.3 is 5.97 Å². The Kier molecular flexibility index (Phi) is 9.69. The van der Waals surface area contributed by atoms with Gasteiger partial charge in [0.1, 0.15) is 5.82 Å². The number of aromatic carboxylic acids is 1. The summed E-state index contributed by atoms with van der Waals surface area (Å²) in [4.78, 5) is 36.4. The van der Waals surface area contributed by atoms with Crippen LogP contribution in [0.5, 0.6) is 0 Å². The molecule has 4 rings (SSSR count). The Bertz CT molecular complexity index is 1610. The summed E-state index contributed by atoms with van der Waals surface area (Å²) in [7, 11) is 5.76. The summed E-state index contributed by atoms with van der Waals surface area (Å²) in [6, 6.07) is 18.8. The summed E-state index contributed by atoms with van der Waals surface area (Å²) < 4.78 is 2.19. The molecule has 0 spiro atoms. The number of imidazole rings is 1. The number of fused-ring (bicyclic) bond motifs is 1. The van der Waals surface area contributed by atoms with Gasteiger partial charge in [0.15, 0.2) is 5.84 Å². The third-order valence-corrected chi connectivity index (χ3v) is 7.20. The van der Waals surface area contributed by atoms with Gasteiger partial charge in [-0.15, -0.1) is 0 Å². The minimum atomic E-state index is -0.956. The highest BCUT2D eigenvalue weighted by molar-refractivity contribution is 5.96. The number of aliphatic imine (C=N–C) groups is 1. The van der Waals surface area contributed by atoms with Gasteiger partial charge in [-0.3, -0.25) is 10.1 Å². The molecule has 0 amide bonds. The maximum atomic E-state index is 11.7. The minimum Gasteiger partial charge on any atom is -0.478 e. The van der Waals surface area contributed by atoms with E-state index in [0.29, 0.717) is 30.2 Å². The molecule has 220 valence electrons. The lowest BCUT2D eigenvalue weighted by atomic mass is 9.99. The number of hydrogen-bond donors (Lipinski definition) is 1. The summed E-state index contributed by atoms with van der Waals surface area (Å²) in [5.41, 5.74) is 6.25. The number of aryl methyl sites for hydroxylation is 2. The smallest absolute Gasteiger partial charge is 0.336 e. The largest absolute Gasteiger partial charge is 0.478 e. The van der Waals surface area contributed by atoms with E-state index in [1.54, 1.807) is 12.1 Å². The molecule has 0 unspecified atom stereocenters. The molecule has 10 nitrogen and oxygen atoms in total. The van der Waals surface area contributed by atoms with Crippen LogP contribution in [-0.4, -0.2) is 82.0 Å². The van der Waals surface area contributed by atoms with Crippen molar-refractivity contribution in [2.45, 2.75) is 33.2 Å². The number of aromatic nitrogens is 2. The number of nitrogens with zero attached hydrogens (tertiary/aromatic N) is 6. The van der Waals surface area contributed by atoms with Crippen molar-refractivity contribution >= 4 is 28.5 Å². The number of carboxylic acid groups (broad SMARTS) is 1. The third-order valence-electron chi connectivity index (χ3n) is 7.20. The first-order chi connectivity index (χ1) is 20.1. The van der Waals surface area contributed by atoms with Crippen LogP contribution in [0.15, 0.2) is 65.7 Å². The predicted octanol–water partition coefficient (Wildman–Crippen LogP) is 5.51. The lowest BCUT2D eigenvalue weighted by Crippen LogP contribution is -2.37. The fourth-order valence-electron chi connectivity index (χ4n) is 4.96. The standard InChI is InChI=1S/C32H38N6O4/c1-6-9-29-34-31-22(2)18-25(33-30(21-38(41)42)36(5)17-16-35(3)4)19-28(31)37(29)20-23-12-14-24(15-13-23)26-10-7-8-11-27(26)32(39)40/h7-8,10-15,18-19H,6,9,16-17,20-21H2,1-5H3,(H,39,40). The number of nitro groups is 1. The van der Waals surface area contributed by atoms with Crippen LogP contribution in [0.4, 0.5) is 5.69 Å². The molecule has 0 aliphatic carbocycles. The van der Waals surface area contributed by atoms with Crippen LogP contribution < -0.4 is 0 Å². The van der Waals surface area contributed by atoms with Gasteiger partial charge in [0.05, 0.1) is 22.3 Å². The van der Waals surface area contributed by atoms with Crippen LogP contribution in [0, 0.1) is 17.0 Å². The van der Waals surface area contributed by atoms with Crippen molar-refractivity contribution in [3.05, 3.63) is 93.3 Å². The van der Waals surface area contributed by atoms with Gasteiger partial charge < -0.3 is 19.5 Å². The molecule has 0 bridgehead atoms. The molecule has 4 aromatic rings. The van der Waals surface area contributed by atoms with Crippen molar-refractivity contribution in [2.75, 3.05) is 40.8 Å². The van der Waals surface area contributed by atoms with Gasteiger partial charge in [-0.25, -0.2) is 14.8 Å². The number of amidine groups is 1. The molecular formula is C32H38N6O4. The van der Waals surface area contributed by atoms with E-state index < -0.39 is 5.97 Å². The number of hydrogen-bond acceptors (Lipinski definition) is 6. The lowest BCUT2D eigenvalue weighted by Gasteiger charge is -2.21. The number of likely N-dealkylation sites (N-methyl/N-ethyl adjacent to an activating group) is 2. The van der Waals surface area contributed by atoms with E-state index in [0.717, 1.165) is 52.9 Å². The maximum absolute atomic E-state index is 11.7. The molecule has 42 heavy (non-hydrogen) atoms. The summed E-state index contributed by atoms with van der Waals surface area (Å²) in [5.74, 6) is 0.409. The first kappa shape index (κ1) is 30.4. The quantitative estimate of drug-likeness (QED) is 0.103. The fraction of sp³-hybridized carbons (Fsp3) is 0.344. The molecule has 0 aliphatic rings. The Morgan fingerprint density at radius 1 is 1.07 bits per heavy atom. The topological polar surface area (TPSA) is 117 Å². The van der Waals surface area contributed by atoms with Gasteiger partial charge in [0.2, 0.25) is 0 Å². The van der Waals surface area contributed by atoms with Gasteiger partial charge in [0.25, 0.3) is 6.54 Å². The number of rotatable bonds is 12. The number of carbonyl (C=O) groups is 1. The average Bonchev–Trinajstić information content (AvgIpc) is 3.29. The fourth-order valence-corrected chi connectivity index (χ4v) is 4.96. The molecule has 0 atom stereocenters. The van der Waals surface area contributed by atoms with Crippen molar-refractivity contribution in [1.29, 1.82) is 0 Å². The van der Waals surface area contributed by atoms with Gasteiger partial charge in [-0.05, 0) is 67.9 Å². The number of carboxylic acids is 1. The summed E-state index contributed by atoms with van der Waals surface area (Å²) in [5, 5.41) is 21.1. The van der Waals surface area contributed by atoms with E-state index in [1.165, 1.54) is 0 Å². The maximum Gasteiger partial charge on any atom is 0.336 e. The molecule has 3 aromatic carbocycles. The Hall–Kier alpha value is -4.57. The van der Waals surface area contributed by atoms with Crippen LogP contribution in [0.3, 0.4) is 0 Å². The van der Waals surface area contributed by atoms with E-state index in [-0.39, 0.29) is 17.0 Å². The Balaban J connectivity index is 1.72. The first-order valence-electron chi connectivity index (χ1n) is 14.0. The Morgan fingerprint density at radius 2 is 1.79 bits per heavy atom. The molecule has 0 fully saturated rings. The highest BCUT2D eigenvalue weighted by Gasteiger charge is 2.18. The summed E-state index contributed by atoms with van der Waals surface area (Å²) in [6.45, 7) is 5.69. The molecular weight excluding hydrogens is 532 g/mol. The van der Waals surface area contributed by atoms with Crippen LogP contribution in [0.25, 0.3) is 22.2 Å². The zero-order chi connectivity index (χ0) is 30.4. The van der Waals surface area contributed by atoms with E-state index in [2.05, 4.69) is 11.5 Å². The van der Waals surface area contributed by atoms with Crippen molar-refractivity contribution in [3.63, 3.8) is 0 Å². The van der Waals surface area contributed by atoms with Crippen molar-refractivity contribution < 1.29 is 14.8 Å². The average molecular weight is 571 g/mol. The molecule has 0 saturated heterocycles. The minimum absolute atomic E-state index is 0.267.